The van der Waals surface area contributed by atoms with E-state index in [-0.39, 0.29) is 11.5 Å². The number of hydrogen-bond acceptors (Lipinski definition) is 4. The molecule has 2 aromatic carbocycles. The molecule has 0 fully saturated rings. The zero-order valence-corrected chi connectivity index (χ0v) is 13.2. The highest BCUT2D eigenvalue weighted by Crippen LogP contribution is 2.27. The van der Waals surface area contributed by atoms with Gasteiger partial charge in [0.1, 0.15) is 28.6 Å². The Kier molecular flexibility index (Phi) is 4.29. The predicted molar refractivity (Wildman–Crippen MR) is 87.6 cm³/mol. The van der Waals surface area contributed by atoms with Gasteiger partial charge < -0.3 is 14.6 Å². The van der Waals surface area contributed by atoms with Crippen molar-refractivity contribution < 1.29 is 18.4 Å². The van der Waals surface area contributed by atoms with E-state index in [4.69, 9.17) is 9.26 Å². The zero-order chi connectivity index (χ0) is 17.1. The molecule has 1 heterocycles. The van der Waals surface area contributed by atoms with Crippen LogP contribution in [-0.2, 0) is 0 Å². The SMILES string of the molecule is COc1cccc(NC(=O)c2c(-c3cccc(F)c3)noc2C)c1. The lowest BCUT2D eigenvalue weighted by atomic mass is 10.1. The summed E-state index contributed by atoms with van der Waals surface area (Å²) in [6.07, 6.45) is 0. The molecule has 1 amide bonds. The van der Waals surface area contributed by atoms with Gasteiger partial charge in [0.15, 0.2) is 0 Å². The molecular weight excluding hydrogens is 311 g/mol. The Balaban J connectivity index is 1.94. The van der Waals surface area contributed by atoms with Crippen LogP contribution in [-0.4, -0.2) is 18.2 Å². The number of methoxy groups -OCH3 is 1. The number of rotatable bonds is 4. The lowest BCUT2D eigenvalue weighted by Crippen LogP contribution is -2.13. The molecule has 0 saturated carbocycles. The Bertz CT molecular complexity index is 889. The number of halogens is 1. The third kappa shape index (κ3) is 3.12. The van der Waals surface area contributed by atoms with Crippen LogP contribution < -0.4 is 10.1 Å². The van der Waals surface area contributed by atoms with Gasteiger partial charge in [-0.25, -0.2) is 4.39 Å². The van der Waals surface area contributed by atoms with Crippen LogP contribution in [0.1, 0.15) is 16.1 Å². The van der Waals surface area contributed by atoms with E-state index in [1.54, 1.807) is 50.4 Å². The van der Waals surface area contributed by atoms with Gasteiger partial charge in [-0.15, -0.1) is 0 Å². The summed E-state index contributed by atoms with van der Waals surface area (Å²) in [5.74, 6) is 0.184. The number of nitrogens with zero attached hydrogens (tertiary/aromatic N) is 1. The smallest absolute Gasteiger partial charge is 0.261 e. The van der Waals surface area contributed by atoms with Crippen molar-refractivity contribution in [3.63, 3.8) is 0 Å². The van der Waals surface area contributed by atoms with Crippen LogP contribution in [0.25, 0.3) is 11.3 Å². The molecule has 122 valence electrons. The van der Waals surface area contributed by atoms with E-state index in [1.807, 2.05) is 0 Å². The van der Waals surface area contributed by atoms with E-state index < -0.39 is 5.82 Å². The van der Waals surface area contributed by atoms with E-state index >= 15 is 0 Å². The molecule has 3 aromatic rings. The summed E-state index contributed by atoms with van der Waals surface area (Å²) in [4.78, 5) is 12.6. The second-order valence-electron chi connectivity index (χ2n) is 5.16. The van der Waals surface area contributed by atoms with Crippen LogP contribution in [0.3, 0.4) is 0 Å². The van der Waals surface area contributed by atoms with Gasteiger partial charge in [0.05, 0.1) is 7.11 Å². The number of benzene rings is 2. The van der Waals surface area contributed by atoms with Gasteiger partial charge in [-0.3, -0.25) is 4.79 Å². The van der Waals surface area contributed by atoms with Crippen LogP contribution in [0.2, 0.25) is 0 Å². The van der Waals surface area contributed by atoms with Crippen LogP contribution in [0.5, 0.6) is 5.75 Å². The first-order valence-electron chi connectivity index (χ1n) is 7.26. The van der Waals surface area contributed by atoms with Gasteiger partial charge in [0.25, 0.3) is 5.91 Å². The number of ether oxygens (including phenoxy) is 1. The first kappa shape index (κ1) is 15.7. The van der Waals surface area contributed by atoms with Crippen LogP contribution in [0, 0.1) is 12.7 Å². The van der Waals surface area contributed by atoms with Crippen molar-refractivity contribution in [3.8, 4) is 17.0 Å². The first-order valence-corrected chi connectivity index (χ1v) is 7.26. The average Bonchev–Trinajstić information content (AvgIpc) is 2.97. The molecule has 5 nitrogen and oxygen atoms in total. The molecular formula is C18H15FN2O3. The van der Waals surface area contributed by atoms with E-state index in [9.17, 15) is 9.18 Å². The summed E-state index contributed by atoms with van der Waals surface area (Å²) >= 11 is 0. The lowest BCUT2D eigenvalue weighted by Gasteiger charge is -2.07. The standard InChI is InChI=1S/C18H15FN2O3/c1-11-16(17(21-24-11)12-5-3-6-13(19)9-12)18(22)20-14-7-4-8-15(10-14)23-2/h3-10H,1-2H3,(H,20,22). The topological polar surface area (TPSA) is 64.4 Å². The summed E-state index contributed by atoms with van der Waals surface area (Å²) in [5.41, 5.74) is 1.61. The summed E-state index contributed by atoms with van der Waals surface area (Å²) in [6.45, 7) is 1.64. The Morgan fingerprint density at radius 2 is 2.00 bits per heavy atom. The fourth-order valence-corrected chi connectivity index (χ4v) is 2.37. The second-order valence-corrected chi connectivity index (χ2v) is 5.16. The number of amides is 1. The monoisotopic (exact) mass is 326 g/mol. The predicted octanol–water partition coefficient (Wildman–Crippen LogP) is 4.05. The fourth-order valence-electron chi connectivity index (χ4n) is 2.37. The highest BCUT2D eigenvalue weighted by atomic mass is 19.1. The molecule has 1 N–H and O–H groups in total. The normalized spacial score (nSPS) is 10.5. The number of aryl methyl sites for hydroxylation is 1. The number of nitrogens with one attached hydrogen (secondary N) is 1. The van der Waals surface area contributed by atoms with Crippen molar-refractivity contribution in [1.29, 1.82) is 0 Å². The second kappa shape index (κ2) is 6.54. The first-order chi connectivity index (χ1) is 11.6. The van der Waals surface area contributed by atoms with Crippen molar-refractivity contribution in [2.45, 2.75) is 6.92 Å². The van der Waals surface area contributed by atoms with E-state index in [1.165, 1.54) is 12.1 Å². The molecule has 0 radical (unpaired) electrons. The van der Waals surface area contributed by atoms with E-state index in [2.05, 4.69) is 10.5 Å². The molecule has 0 aliphatic carbocycles. The summed E-state index contributed by atoms with van der Waals surface area (Å²) in [6, 6.07) is 12.8. The summed E-state index contributed by atoms with van der Waals surface area (Å²) in [5, 5.41) is 6.67. The number of carbonyl (C=O) groups is 1. The molecule has 3 rings (SSSR count). The molecule has 0 saturated heterocycles. The quantitative estimate of drug-likeness (QED) is 0.785. The number of carbonyl (C=O) groups excluding carboxylic acids is 1. The van der Waals surface area contributed by atoms with E-state index in [0.29, 0.717) is 28.5 Å². The maximum absolute atomic E-state index is 13.4. The average molecular weight is 326 g/mol. The minimum absolute atomic E-state index is 0.267. The number of hydrogen-bond donors (Lipinski definition) is 1. The molecule has 0 aliphatic rings. The van der Waals surface area contributed by atoms with Gasteiger partial charge >= 0.3 is 0 Å². The molecule has 24 heavy (non-hydrogen) atoms. The number of anilines is 1. The summed E-state index contributed by atoms with van der Waals surface area (Å²) in [7, 11) is 1.55. The third-order valence-electron chi connectivity index (χ3n) is 3.52. The minimum Gasteiger partial charge on any atom is -0.497 e. The minimum atomic E-state index is -0.410. The summed E-state index contributed by atoms with van der Waals surface area (Å²) < 4.78 is 23.7. The Labute approximate surface area is 138 Å². The molecule has 0 bridgehead atoms. The van der Waals surface area contributed by atoms with Gasteiger partial charge in [0.2, 0.25) is 0 Å². The van der Waals surface area contributed by atoms with Crippen LogP contribution in [0.4, 0.5) is 10.1 Å². The van der Waals surface area contributed by atoms with Gasteiger partial charge in [0, 0.05) is 17.3 Å². The Hall–Kier alpha value is -3.15. The zero-order valence-electron chi connectivity index (χ0n) is 13.2. The van der Waals surface area contributed by atoms with Crippen molar-refractivity contribution in [2.75, 3.05) is 12.4 Å². The fraction of sp³-hybridized carbons (Fsp3) is 0.111. The number of aromatic nitrogens is 1. The molecule has 0 spiro atoms. The Morgan fingerprint density at radius 3 is 2.75 bits per heavy atom. The lowest BCUT2D eigenvalue weighted by molar-refractivity contribution is 0.102. The maximum Gasteiger partial charge on any atom is 0.261 e. The van der Waals surface area contributed by atoms with Gasteiger partial charge in [-0.1, -0.05) is 23.4 Å². The Morgan fingerprint density at radius 1 is 1.21 bits per heavy atom. The maximum atomic E-state index is 13.4. The molecule has 0 atom stereocenters. The van der Waals surface area contributed by atoms with Crippen molar-refractivity contribution >= 4 is 11.6 Å². The third-order valence-corrected chi connectivity index (χ3v) is 3.52. The van der Waals surface area contributed by atoms with Crippen molar-refractivity contribution in [1.82, 2.24) is 5.16 Å². The van der Waals surface area contributed by atoms with E-state index in [0.717, 1.165) is 0 Å². The van der Waals surface area contributed by atoms with Crippen molar-refractivity contribution in [3.05, 3.63) is 65.7 Å². The molecule has 0 unspecified atom stereocenters. The van der Waals surface area contributed by atoms with Crippen LogP contribution in [0.15, 0.2) is 53.1 Å². The molecule has 0 aliphatic heterocycles. The molecule has 6 heteroatoms. The highest BCUT2D eigenvalue weighted by Gasteiger charge is 2.22. The molecule has 1 aromatic heterocycles. The highest BCUT2D eigenvalue weighted by molar-refractivity contribution is 6.08. The van der Waals surface area contributed by atoms with Crippen molar-refractivity contribution in [2.24, 2.45) is 0 Å². The van der Waals surface area contributed by atoms with Crippen LogP contribution >= 0.6 is 0 Å². The van der Waals surface area contributed by atoms with Gasteiger partial charge in [-0.05, 0) is 31.2 Å². The van der Waals surface area contributed by atoms with Gasteiger partial charge in [-0.2, -0.15) is 0 Å². The largest absolute Gasteiger partial charge is 0.497 e.